The second kappa shape index (κ2) is 5.50. The van der Waals surface area contributed by atoms with Gasteiger partial charge in [-0.1, -0.05) is 23.7 Å². The van der Waals surface area contributed by atoms with Gasteiger partial charge in [-0.3, -0.25) is 9.59 Å². The minimum absolute atomic E-state index is 0.153. The Morgan fingerprint density at radius 3 is 2.42 bits per heavy atom. The molecule has 0 radical (unpaired) electrons. The maximum absolute atomic E-state index is 12.8. The number of benzene rings is 1. The summed E-state index contributed by atoms with van der Waals surface area (Å²) >= 11 is 7.20. The Balaban J connectivity index is 1.88. The number of hydrogen-bond acceptors (Lipinski definition) is 4. The quantitative estimate of drug-likeness (QED) is 0.764. The Morgan fingerprint density at radius 2 is 1.79 bits per heavy atom. The molecular formula is C17H16ClN3O2S. The summed E-state index contributed by atoms with van der Waals surface area (Å²) in [6.45, 7) is 0. The molecule has 24 heavy (non-hydrogen) atoms. The fourth-order valence-electron chi connectivity index (χ4n) is 3.56. The molecule has 0 saturated heterocycles. The van der Waals surface area contributed by atoms with Crippen molar-refractivity contribution in [3.63, 3.8) is 0 Å². The van der Waals surface area contributed by atoms with Gasteiger partial charge < -0.3 is 16.4 Å². The molecule has 4 rings (SSSR count). The number of primary amides is 1. The third-order valence-corrected chi connectivity index (χ3v) is 6.03. The number of halogens is 1. The largest absolute Gasteiger partial charge is 0.365 e. The molecule has 1 spiro atoms. The van der Waals surface area contributed by atoms with Gasteiger partial charge in [0.05, 0.1) is 5.56 Å². The number of rotatable bonds is 2. The molecule has 4 N–H and O–H groups in total. The van der Waals surface area contributed by atoms with Crippen molar-refractivity contribution in [3.8, 4) is 11.1 Å². The minimum Gasteiger partial charge on any atom is -0.365 e. The molecule has 1 aromatic carbocycles. The molecule has 1 aromatic heterocycles. The summed E-state index contributed by atoms with van der Waals surface area (Å²) in [5, 5.41) is 7.87. The highest BCUT2D eigenvalue weighted by Gasteiger charge is 2.42. The molecule has 1 aliphatic carbocycles. The molecular weight excluding hydrogens is 346 g/mol. The van der Waals surface area contributed by atoms with E-state index in [-0.39, 0.29) is 11.6 Å². The van der Waals surface area contributed by atoms with E-state index in [0.29, 0.717) is 21.0 Å². The van der Waals surface area contributed by atoms with Gasteiger partial charge in [-0.15, -0.1) is 11.3 Å². The molecule has 2 amide bonds. The smallest absolute Gasteiger partial charge is 0.259 e. The van der Waals surface area contributed by atoms with Crippen molar-refractivity contribution >= 4 is 39.8 Å². The third-order valence-electron chi connectivity index (χ3n) is 4.65. The molecule has 0 unspecified atom stereocenters. The van der Waals surface area contributed by atoms with Gasteiger partial charge in [0, 0.05) is 10.6 Å². The van der Waals surface area contributed by atoms with Gasteiger partial charge >= 0.3 is 0 Å². The van der Waals surface area contributed by atoms with Crippen LogP contribution in [0, 0.1) is 0 Å². The van der Waals surface area contributed by atoms with Crippen molar-refractivity contribution < 1.29 is 9.59 Å². The molecule has 0 atom stereocenters. The fraction of sp³-hybridized carbons (Fsp3) is 0.294. The van der Waals surface area contributed by atoms with E-state index in [1.54, 1.807) is 24.3 Å². The van der Waals surface area contributed by atoms with Crippen molar-refractivity contribution in [1.82, 2.24) is 5.32 Å². The first-order valence-corrected chi connectivity index (χ1v) is 9.02. The minimum atomic E-state index is -0.533. The summed E-state index contributed by atoms with van der Waals surface area (Å²) < 4.78 is 0. The van der Waals surface area contributed by atoms with Crippen LogP contribution in [-0.4, -0.2) is 17.5 Å². The summed E-state index contributed by atoms with van der Waals surface area (Å²) in [7, 11) is 0. The van der Waals surface area contributed by atoms with Gasteiger partial charge in [0.1, 0.15) is 15.5 Å². The lowest BCUT2D eigenvalue weighted by molar-refractivity contribution is 0.0904. The van der Waals surface area contributed by atoms with Crippen molar-refractivity contribution in [2.45, 2.75) is 31.3 Å². The molecule has 1 aliphatic heterocycles. The summed E-state index contributed by atoms with van der Waals surface area (Å²) in [6, 6.07) is 7.06. The standard InChI is InChI=1S/C17H16ClN3O2S/c18-10-5-3-9(4-6-10)11-12-15(23)20-17(7-1-2-8-17)21-16(12)24-13(11)14(19)22/h3-6,21H,1-2,7-8H2,(H2,19,22)(H,20,23). The number of amides is 2. The first-order chi connectivity index (χ1) is 11.5. The monoisotopic (exact) mass is 361 g/mol. The van der Waals surface area contributed by atoms with E-state index in [0.717, 1.165) is 36.2 Å². The van der Waals surface area contributed by atoms with Gasteiger partial charge in [0.25, 0.3) is 11.8 Å². The van der Waals surface area contributed by atoms with E-state index in [2.05, 4.69) is 10.6 Å². The Hall–Kier alpha value is -2.05. The Kier molecular flexibility index (Phi) is 3.54. The van der Waals surface area contributed by atoms with Crippen LogP contribution in [0.25, 0.3) is 11.1 Å². The number of nitrogens with one attached hydrogen (secondary N) is 2. The predicted octanol–water partition coefficient (Wildman–Crippen LogP) is 3.59. The van der Waals surface area contributed by atoms with Crippen LogP contribution >= 0.6 is 22.9 Å². The molecule has 0 bridgehead atoms. The van der Waals surface area contributed by atoms with E-state index in [1.807, 2.05) is 0 Å². The van der Waals surface area contributed by atoms with Crippen LogP contribution in [0.4, 0.5) is 5.00 Å². The highest BCUT2D eigenvalue weighted by molar-refractivity contribution is 7.19. The van der Waals surface area contributed by atoms with Crippen molar-refractivity contribution in [3.05, 3.63) is 39.7 Å². The number of thiophene rings is 1. The molecule has 1 fully saturated rings. The predicted molar refractivity (Wildman–Crippen MR) is 95.6 cm³/mol. The average molecular weight is 362 g/mol. The summed E-state index contributed by atoms with van der Waals surface area (Å²) in [6.07, 6.45) is 3.91. The van der Waals surface area contributed by atoms with Crippen LogP contribution in [0.2, 0.25) is 5.02 Å². The summed E-state index contributed by atoms with van der Waals surface area (Å²) in [5.41, 5.74) is 7.01. The van der Waals surface area contributed by atoms with Crippen LogP contribution in [-0.2, 0) is 0 Å². The SMILES string of the molecule is NC(=O)c1sc2c(c1-c1ccc(Cl)cc1)C(=O)NC1(CCCC1)N2. The van der Waals surface area contributed by atoms with Gasteiger partial charge in [-0.05, 0) is 43.4 Å². The Morgan fingerprint density at radius 1 is 1.12 bits per heavy atom. The van der Waals surface area contributed by atoms with E-state index in [9.17, 15) is 9.59 Å². The lowest BCUT2D eigenvalue weighted by Gasteiger charge is -2.36. The maximum Gasteiger partial charge on any atom is 0.259 e. The van der Waals surface area contributed by atoms with E-state index < -0.39 is 5.91 Å². The molecule has 2 aliphatic rings. The van der Waals surface area contributed by atoms with Gasteiger partial charge in [-0.25, -0.2) is 0 Å². The van der Waals surface area contributed by atoms with E-state index in [4.69, 9.17) is 17.3 Å². The van der Waals surface area contributed by atoms with Crippen LogP contribution in [0.3, 0.4) is 0 Å². The number of carbonyl (C=O) groups is 2. The number of fused-ring (bicyclic) bond motifs is 1. The van der Waals surface area contributed by atoms with Crippen LogP contribution in [0.5, 0.6) is 0 Å². The Labute approximate surface area is 148 Å². The summed E-state index contributed by atoms with van der Waals surface area (Å²) in [5.74, 6) is -0.686. The van der Waals surface area contributed by atoms with Gasteiger partial charge in [-0.2, -0.15) is 0 Å². The zero-order chi connectivity index (χ0) is 16.9. The molecule has 124 valence electrons. The second-order valence-corrected chi connectivity index (χ2v) is 7.71. The van der Waals surface area contributed by atoms with Crippen LogP contribution in [0.1, 0.15) is 45.7 Å². The molecule has 2 aromatic rings. The highest BCUT2D eigenvalue weighted by Crippen LogP contribution is 2.45. The second-order valence-electron chi connectivity index (χ2n) is 6.25. The fourth-order valence-corrected chi connectivity index (χ4v) is 4.85. The zero-order valence-corrected chi connectivity index (χ0v) is 14.4. The van der Waals surface area contributed by atoms with Crippen molar-refractivity contribution in [1.29, 1.82) is 0 Å². The number of hydrogen-bond donors (Lipinski definition) is 3. The zero-order valence-electron chi connectivity index (χ0n) is 12.8. The first-order valence-electron chi connectivity index (χ1n) is 7.82. The van der Waals surface area contributed by atoms with E-state index in [1.165, 1.54) is 11.3 Å². The van der Waals surface area contributed by atoms with Gasteiger partial charge in [0.2, 0.25) is 0 Å². The maximum atomic E-state index is 12.8. The topological polar surface area (TPSA) is 84.2 Å². The Bertz CT molecular complexity index is 838. The first kappa shape index (κ1) is 15.5. The molecule has 5 nitrogen and oxygen atoms in total. The van der Waals surface area contributed by atoms with Gasteiger partial charge in [0.15, 0.2) is 0 Å². The number of anilines is 1. The average Bonchev–Trinajstić information content (AvgIpc) is 3.13. The summed E-state index contributed by atoms with van der Waals surface area (Å²) in [4.78, 5) is 25.2. The molecule has 7 heteroatoms. The normalized spacial score (nSPS) is 18.1. The van der Waals surface area contributed by atoms with Crippen LogP contribution in [0.15, 0.2) is 24.3 Å². The third kappa shape index (κ3) is 2.37. The highest BCUT2D eigenvalue weighted by atomic mass is 35.5. The molecule has 2 heterocycles. The van der Waals surface area contributed by atoms with Crippen LogP contribution < -0.4 is 16.4 Å². The number of carbonyl (C=O) groups excluding carboxylic acids is 2. The van der Waals surface area contributed by atoms with E-state index >= 15 is 0 Å². The molecule has 1 saturated carbocycles. The lowest BCUT2D eigenvalue weighted by atomic mass is 9.97. The lowest BCUT2D eigenvalue weighted by Crippen LogP contribution is -2.55. The number of nitrogens with two attached hydrogens (primary N) is 1. The van der Waals surface area contributed by atoms with Crippen molar-refractivity contribution in [2.24, 2.45) is 5.73 Å². The van der Waals surface area contributed by atoms with Crippen molar-refractivity contribution in [2.75, 3.05) is 5.32 Å².